The molecule has 1 fully saturated rings. The first-order chi connectivity index (χ1) is 10.1. The Hall–Kier alpha value is -1.72. The van der Waals surface area contributed by atoms with Gasteiger partial charge in [0.05, 0.1) is 17.0 Å². The van der Waals surface area contributed by atoms with Gasteiger partial charge in [0.2, 0.25) is 0 Å². The molecule has 0 amide bonds. The van der Waals surface area contributed by atoms with Crippen LogP contribution in [-0.2, 0) is 7.05 Å². The molecule has 21 heavy (non-hydrogen) atoms. The molecule has 2 aromatic heterocycles. The minimum absolute atomic E-state index is 0.138. The van der Waals surface area contributed by atoms with Crippen LogP contribution in [0.15, 0.2) is 23.3 Å². The monoisotopic (exact) mass is 303 g/mol. The van der Waals surface area contributed by atoms with Gasteiger partial charge in [0.1, 0.15) is 5.65 Å². The number of nitrogens with one attached hydrogen (secondary N) is 2. The number of hydrogen-bond donors (Lipinski definition) is 2. The Morgan fingerprint density at radius 2 is 2.38 bits per heavy atom. The quantitative estimate of drug-likeness (QED) is 0.852. The van der Waals surface area contributed by atoms with Crippen molar-refractivity contribution in [3.63, 3.8) is 0 Å². The molecular weight excluding hydrogens is 286 g/mol. The molecule has 1 saturated heterocycles. The molecule has 3 rings (SSSR count). The third-order valence-corrected chi connectivity index (χ3v) is 4.23. The molecule has 2 aromatic rings. The lowest BCUT2D eigenvalue weighted by Crippen LogP contribution is -2.45. The first-order valence-corrected chi connectivity index (χ1v) is 7.34. The van der Waals surface area contributed by atoms with Crippen LogP contribution in [0.2, 0.25) is 5.02 Å². The molecule has 1 aliphatic rings. The van der Waals surface area contributed by atoms with Gasteiger partial charge in [0, 0.05) is 49.3 Å². The molecule has 0 aliphatic carbocycles. The Morgan fingerprint density at radius 3 is 2.95 bits per heavy atom. The third kappa shape index (κ3) is 2.59. The minimum atomic E-state index is -0.138. The van der Waals surface area contributed by atoms with Crippen LogP contribution in [0.25, 0.3) is 11.0 Å². The van der Waals surface area contributed by atoms with Gasteiger partial charge < -0.3 is 15.3 Å². The van der Waals surface area contributed by atoms with Crippen LogP contribution in [0.4, 0.5) is 0 Å². The molecule has 6 heteroatoms. The Labute approximate surface area is 128 Å². The molecule has 1 aliphatic heterocycles. The number of pyridine rings is 1. The number of aliphatic imine (C=N–C) groups is 1. The zero-order valence-electron chi connectivity index (χ0n) is 12.1. The number of aryl methyl sites for hydroxylation is 1. The average molecular weight is 304 g/mol. The smallest absolute Gasteiger partial charge is 0.141 e. The molecule has 0 saturated carbocycles. The summed E-state index contributed by atoms with van der Waals surface area (Å²) in [6.45, 7) is 3.65. The van der Waals surface area contributed by atoms with E-state index < -0.39 is 0 Å². The van der Waals surface area contributed by atoms with Crippen molar-refractivity contribution in [2.24, 2.45) is 12.0 Å². The van der Waals surface area contributed by atoms with Crippen LogP contribution >= 0.6 is 11.6 Å². The lowest BCUT2D eigenvalue weighted by molar-refractivity contribution is 0.448. The molecule has 5 nitrogen and oxygen atoms in total. The average Bonchev–Trinajstić information content (AvgIpc) is 2.71. The van der Waals surface area contributed by atoms with Gasteiger partial charge in [-0.2, -0.15) is 0 Å². The van der Waals surface area contributed by atoms with Gasteiger partial charge in [-0.25, -0.2) is 4.98 Å². The summed E-state index contributed by atoms with van der Waals surface area (Å²) in [4.78, 5) is 8.95. The SMILES string of the molecule is CC(=N)C(C=NC1CNC1)c1cc2c(Cl)ccnc2n1C. The van der Waals surface area contributed by atoms with Gasteiger partial charge in [-0.3, -0.25) is 4.99 Å². The van der Waals surface area contributed by atoms with E-state index in [0.29, 0.717) is 16.8 Å². The number of fused-ring (bicyclic) bond motifs is 1. The normalized spacial score (nSPS) is 17.3. The number of rotatable bonds is 4. The summed E-state index contributed by atoms with van der Waals surface area (Å²) >= 11 is 6.24. The number of nitrogens with zero attached hydrogens (tertiary/aromatic N) is 3. The highest BCUT2D eigenvalue weighted by Gasteiger charge is 2.20. The molecule has 0 radical (unpaired) electrons. The molecule has 0 spiro atoms. The van der Waals surface area contributed by atoms with Gasteiger partial charge in [-0.1, -0.05) is 11.6 Å². The predicted octanol–water partition coefficient (Wildman–Crippen LogP) is 2.39. The highest BCUT2D eigenvalue weighted by Crippen LogP contribution is 2.28. The summed E-state index contributed by atoms with van der Waals surface area (Å²) in [6, 6.07) is 4.13. The van der Waals surface area contributed by atoms with Crippen molar-refractivity contribution < 1.29 is 0 Å². The van der Waals surface area contributed by atoms with Crippen molar-refractivity contribution in [3.05, 3.63) is 29.0 Å². The lowest BCUT2D eigenvalue weighted by Gasteiger charge is -2.23. The van der Waals surface area contributed by atoms with Gasteiger partial charge in [-0.05, 0) is 19.1 Å². The van der Waals surface area contributed by atoms with Crippen LogP contribution in [0.5, 0.6) is 0 Å². The zero-order chi connectivity index (χ0) is 15.0. The van der Waals surface area contributed by atoms with E-state index in [9.17, 15) is 0 Å². The highest BCUT2D eigenvalue weighted by molar-refractivity contribution is 6.35. The van der Waals surface area contributed by atoms with E-state index >= 15 is 0 Å². The molecule has 3 heterocycles. The van der Waals surface area contributed by atoms with Crippen molar-refractivity contribution in [1.29, 1.82) is 5.41 Å². The summed E-state index contributed by atoms with van der Waals surface area (Å²) in [6.07, 6.45) is 3.59. The third-order valence-electron chi connectivity index (χ3n) is 3.90. The largest absolute Gasteiger partial charge is 0.332 e. The zero-order valence-corrected chi connectivity index (χ0v) is 12.9. The fourth-order valence-electron chi connectivity index (χ4n) is 2.50. The number of aromatic nitrogens is 2. The van der Waals surface area contributed by atoms with E-state index in [2.05, 4.69) is 15.3 Å². The van der Waals surface area contributed by atoms with E-state index in [1.807, 2.05) is 30.8 Å². The molecular formula is C15H18ClN5. The molecule has 1 atom stereocenters. The van der Waals surface area contributed by atoms with Crippen molar-refractivity contribution in [2.75, 3.05) is 13.1 Å². The topological polar surface area (TPSA) is 66.1 Å². The summed E-state index contributed by atoms with van der Waals surface area (Å²) in [7, 11) is 1.95. The van der Waals surface area contributed by atoms with Crippen molar-refractivity contribution in [3.8, 4) is 0 Å². The predicted molar refractivity (Wildman–Crippen MR) is 87.0 cm³/mol. The minimum Gasteiger partial charge on any atom is -0.332 e. The molecule has 0 aromatic carbocycles. The van der Waals surface area contributed by atoms with Gasteiger partial charge in [0.15, 0.2) is 0 Å². The maximum atomic E-state index is 8.06. The van der Waals surface area contributed by atoms with E-state index in [-0.39, 0.29) is 5.92 Å². The van der Waals surface area contributed by atoms with Crippen molar-refractivity contribution in [1.82, 2.24) is 14.9 Å². The van der Waals surface area contributed by atoms with E-state index in [1.165, 1.54) is 0 Å². The second-order valence-corrected chi connectivity index (χ2v) is 5.84. The summed E-state index contributed by atoms with van der Waals surface area (Å²) in [5, 5.41) is 12.9. The van der Waals surface area contributed by atoms with Crippen molar-refractivity contribution in [2.45, 2.75) is 18.9 Å². The summed E-state index contributed by atoms with van der Waals surface area (Å²) in [5.41, 5.74) is 2.39. The maximum absolute atomic E-state index is 8.06. The van der Waals surface area contributed by atoms with E-state index in [4.69, 9.17) is 17.0 Å². The first-order valence-electron chi connectivity index (χ1n) is 6.97. The number of halogens is 1. The Balaban J connectivity index is 2.02. The van der Waals surface area contributed by atoms with Crippen LogP contribution in [-0.4, -0.2) is 40.6 Å². The van der Waals surface area contributed by atoms with E-state index in [1.54, 1.807) is 12.3 Å². The number of hydrogen-bond acceptors (Lipinski definition) is 4. The lowest BCUT2D eigenvalue weighted by atomic mass is 10.0. The van der Waals surface area contributed by atoms with Crippen LogP contribution in [0.3, 0.4) is 0 Å². The van der Waals surface area contributed by atoms with Crippen molar-refractivity contribution >= 4 is 34.6 Å². The van der Waals surface area contributed by atoms with Crippen LogP contribution in [0, 0.1) is 5.41 Å². The Kier molecular flexibility index (Phi) is 3.78. The fourth-order valence-corrected chi connectivity index (χ4v) is 2.70. The first kappa shape index (κ1) is 14.2. The second kappa shape index (κ2) is 5.58. The molecule has 2 N–H and O–H groups in total. The van der Waals surface area contributed by atoms with Crippen LogP contribution < -0.4 is 5.32 Å². The maximum Gasteiger partial charge on any atom is 0.141 e. The van der Waals surface area contributed by atoms with Crippen LogP contribution in [0.1, 0.15) is 18.5 Å². The van der Waals surface area contributed by atoms with Gasteiger partial charge >= 0.3 is 0 Å². The fraction of sp³-hybridized carbons (Fsp3) is 0.400. The van der Waals surface area contributed by atoms with Gasteiger partial charge in [-0.15, -0.1) is 0 Å². The van der Waals surface area contributed by atoms with Gasteiger partial charge in [0.25, 0.3) is 0 Å². The summed E-state index contributed by atoms with van der Waals surface area (Å²) in [5.74, 6) is -0.138. The molecule has 0 bridgehead atoms. The summed E-state index contributed by atoms with van der Waals surface area (Å²) < 4.78 is 2.00. The highest BCUT2D eigenvalue weighted by atomic mass is 35.5. The Bertz CT molecular complexity index is 714. The Morgan fingerprint density at radius 1 is 1.62 bits per heavy atom. The molecule has 110 valence electrons. The second-order valence-electron chi connectivity index (χ2n) is 5.43. The molecule has 1 unspecified atom stereocenters. The van der Waals surface area contributed by atoms with E-state index in [0.717, 1.165) is 29.8 Å². The standard InChI is InChI=1S/C15H18ClN5/c1-9(17)12(8-20-10-6-18-7-10)14-5-11-13(16)3-4-19-15(11)21(14)2/h3-5,8,10,12,17-18H,6-7H2,1-2H3.